The highest BCUT2D eigenvalue weighted by Crippen LogP contribution is 2.32. The van der Waals surface area contributed by atoms with Crippen LogP contribution in [-0.2, 0) is 0 Å². The Morgan fingerprint density at radius 3 is 2.61 bits per heavy atom. The van der Waals surface area contributed by atoms with Crippen molar-refractivity contribution in [2.45, 2.75) is 57.7 Å². The number of piperidine rings is 1. The normalized spacial score (nSPS) is 27.1. The molecule has 3 atom stereocenters. The minimum absolute atomic E-state index is 0.151. The van der Waals surface area contributed by atoms with Crippen molar-refractivity contribution in [2.24, 2.45) is 0 Å². The molecule has 2 rings (SSSR count). The van der Waals surface area contributed by atoms with E-state index in [9.17, 15) is 5.11 Å². The molecule has 2 heteroatoms. The Morgan fingerprint density at radius 2 is 2.00 bits per heavy atom. The van der Waals surface area contributed by atoms with E-state index < -0.39 is 0 Å². The summed E-state index contributed by atoms with van der Waals surface area (Å²) in [5.74, 6) is 0. The fraction of sp³-hybridized carbons (Fsp3) is 0.625. The van der Waals surface area contributed by atoms with Gasteiger partial charge >= 0.3 is 0 Å². The third-order valence-electron chi connectivity index (χ3n) is 4.18. The molecule has 0 bridgehead atoms. The van der Waals surface area contributed by atoms with Gasteiger partial charge in [0.1, 0.15) is 0 Å². The lowest BCUT2D eigenvalue weighted by Crippen LogP contribution is -2.49. The fourth-order valence-electron chi connectivity index (χ4n) is 3.29. The number of benzene rings is 1. The number of hydrogen-bond donors (Lipinski definition) is 1. The number of likely N-dealkylation sites (tertiary alicyclic amines) is 1. The van der Waals surface area contributed by atoms with E-state index in [1.54, 1.807) is 0 Å². The minimum Gasteiger partial charge on any atom is -0.391 e. The maximum absolute atomic E-state index is 10.2. The van der Waals surface area contributed by atoms with Gasteiger partial charge in [0.2, 0.25) is 0 Å². The zero-order valence-electron chi connectivity index (χ0n) is 11.5. The fourth-order valence-corrected chi connectivity index (χ4v) is 3.29. The van der Waals surface area contributed by atoms with Crippen molar-refractivity contribution in [3.8, 4) is 0 Å². The first-order chi connectivity index (χ1) is 8.77. The number of aliphatic hydroxyl groups is 1. The molecule has 1 fully saturated rings. The minimum atomic E-state index is -0.151. The van der Waals surface area contributed by atoms with Crippen molar-refractivity contribution < 1.29 is 5.11 Å². The van der Waals surface area contributed by atoms with Crippen LogP contribution in [-0.4, -0.2) is 28.7 Å². The van der Waals surface area contributed by atoms with Crippen LogP contribution < -0.4 is 0 Å². The number of hydrogen-bond acceptors (Lipinski definition) is 2. The van der Waals surface area contributed by atoms with Gasteiger partial charge in [-0.2, -0.15) is 0 Å². The van der Waals surface area contributed by atoms with E-state index in [4.69, 9.17) is 0 Å². The van der Waals surface area contributed by atoms with Crippen LogP contribution in [0, 0.1) is 0 Å². The van der Waals surface area contributed by atoms with Gasteiger partial charge in [-0.05, 0) is 37.8 Å². The molecule has 1 aromatic rings. The molecule has 0 amide bonds. The molecule has 0 saturated carbocycles. The lowest BCUT2D eigenvalue weighted by atomic mass is 9.92. The molecular weight excluding hydrogens is 222 g/mol. The van der Waals surface area contributed by atoms with Crippen molar-refractivity contribution in [1.29, 1.82) is 0 Å². The molecule has 1 aliphatic rings. The SMILES string of the molecule is CCC(c1ccccc1)N1CCC[C@@H](O)[C@@H]1CC. The average molecular weight is 247 g/mol. The molecule has 1 aromatic carbocycles. The van der Waals surface area contributed by atoms with Crippen LogP contribution >= 0.6 is 0 Å². The summed E-state index contributed by atoms with van der Waals surface area (Å²) in [6.45, 7) is 5.54. The third kappa shape index (κ3) is 2.76. The topological polar surface area (TPSA) is 23.5 Å². The summed E-state index contributed by atoms with van der Waals surface area (Å²) in [5.41, 5.74) is 1.38. The maximum Gasteiger partial charge on any atom is 0.0696 e. The Kier molecular flexibility index (Phi) is 4.79. The number of rotatable bonds is 4. The Bertz CT molecular complexity index is 351. The summed E-state index contributed by atoms with van der Waals surface area (Å²) in [5, 5.41) is 10.2. The van der Waals surface area contributed by atoms with Gasteiger partial charge < -0.3 is 5.11 Å². The monoisotopic (exact) mass is 247 g/mol. The quantitative estimate of drug-likeness (QED) is 0.881. The Labute approximate surface area is 111 Å². The molecule has 1 unspecified atom stereocenters. The standard InChI is InChI=1S/C16H25NO/c1-3-14(13-9-6-5-7-10-13)17-12-8-11-16(18)15(17)4-2/h5-7,9-10,14-16,18H,3-4,8,11-12H2,1-2H3/t14?,15-,16+/m0/s1. The van der Waals surface area contributed by atoms with E-state index in [1.165, 1.54) is 5.56 Å². The van der Waals surface area contributed by atoms with Gasteiger partial charge in [-0.15, -0.1) is 0 Å². The van der Waals surface area contributed by atoms with Crippen LogP contribution in [0.25, 0.3) is 0 Å². The summed E-state index contributed by atoms with van der Waals surface area (Å²) in [7, 11) is 0. The van der Waals surface area contributed by atoms with Crippen LogP contribution in [0.1, 0.15) is 51.1 Å². The van der Waals surface area contributed by atoms with Gasteiger partial charge in [-0.25, -0.2) is 0 Å². The largest absolute Gasteiger partial charge is 0.391 e. The van der Waals surface area contributed by atoms with Crippen LogP contribution in [0.3, 0.4) is 0 Å². The Morgan fingerprint density at radius 1 is 1.28 bits per heavy atom. The molecule has 100 valence electrons. The smallest absolute Gasteiger partial charge is 0.0696 e. The van der Waals surface area contributed by atoms with Crippen molar-refractivity contribution >= 4 is 0 Å². The molecule has 1 aliphatic heterocycles. The van der Waals surface area contributed by atoms with Crippen LogP contribution in [0.5, 0.6) is 0 Å². The predicted molar refractivity (Wildman–Crippen MR) is 75.5 cm³/mol. The van der Waals surface area contributed by atoms with Gasteiger partial charge in [0.05, 0.1) is 6.10 Å². The van der Waals surface area contributed by atoms with Gasteiger partial charge in [-0.1, -0.05) is 44.2 Å². The number of aliphatic hydroxyl groups excluding tert-OH is 1. The second kappa shape index (κ2) is 6.35. The van der Waals surface area contributed by atoms with Crippen molar-refractivity contribution in [1.82, 2.24) is 4.90 Å². The van der Waals surface area contributed by atoms with E-state index in [0.29, 0.717) is 12.1 Å². The molecular formula is C16H25NO. The van der Waals surface area contributed by atoms with Gasteiger partial charge in [0.15, 0.2) is 0 Å². The van der Waals surface area contributed by atoms with E-state index in [1.807, 2.05) is 0 Å². The highest BCUT2D eigenvalue weighted by atomic mass is 16.3. The molecule has 0 aliphatic carbocycles. The summed E-state index contributed by atoms with van der Waals surface area (Å²) >= 11 is 0. The molecule has 1 saturated heterocycles. The van der Waals surface area contributed by atoms with Crippen molar-refractivity contribution in [3.63, 3.8) is 0 Å². The first kappa shape index (κ1) is 13.6. The van der Waals surface area contributed by atoms with Crippen molar-refractivity contribution in [3.05, 3.63) is 35.9 Å². The highest BCUT2D eigenvalue weighted by molar-refractivity contribution is 5.19. The van der Waals surface area contributed by atoms with Crippen molar-refractivity contribution in [2.75, 3.05) is 6.54 Å². The highest BCUT2D eigenvalue weighted by Gasteiger charge is 2.33. The summed E-state index contributed by atoms with van der Waals surface area (Å²) in [6, 6.07) is 11.5. The molecule has 1 heterocycles. The summed E-state index contributed by atoms with van der Waals surface area (Å²) in [6.07, 6.45) is 4.06. The molecule has 1 N–H and O–H groups in total. The first-order valence-corrected chi connectivity index (χ1v) is 7.26. The van der Waals surface area contributed by atoms with E-state index in [2.05, 4.69) is 49.1 Å². The first-order valence-electron chi connectivity index (χ1n) is 7.26. The third-order valence-corrected chi connectivity index (χ3v) is 4.18. The van der Waals surface area contributed by atoms with Gasteiger partial charge in [0, 0.05) is 12.1 Å². The zero-order valence-corrected chi connectivity index (χ0v) is 11.5. The molecule has 0 aromatic heterocycles. The van der Waals surface area contributed by atoms with E-state index >= 15 is 0 Å². The number of nitrogens with zero attached hydrogens (tertiary/aromatic N) is 1. The predicted octanol–water partition coefficient (Wildman–Crippen LogP) is 3.37. The maximum atomic E-state index is 10.2. The lowest BCUT2D eigenvalue weighted by molar-refractivity contribution is -0.0157. The average Bonchev–Trinajstić information content (AvgIpc) is 2.41. The van der Waals surface area contributed by atoms with Gasteiger partial charge in [0.25, 0.3) is 0 Å². The molecule has 18 heavy (non-hydrogen) atoms. The zero-order chi connectivity index (χ0) is 13.0. The second-order valence-electron chi connectivity index (χ2n) is 5.26. The summed E-state index contributed by atoms with van der Waals surface area (Å²) in [4.78, 5) is 2.52. The van der Waals surface area contributed by atoms with Crippen LogP contribution in [0.4, 0.5) is 0 Å². The van der Waals surface area contributed by atoms with Crippen LogP contribution in [0.2, 0.25) is 0 Å². The van der Waals surface area contributed by atoms with Gasteiger partial charge in [-0.3, -0.25) is 4.90 Å². The second-order valence-corrected chi connectivity index (χ2v) is 5.26. The molecule has 0 radical (unpaired) electrons. The Hall–Kier alpha value is -0.860. The molecule has 2 nitrogen and oxygen atoms in total. The van der Waals surface area contributed by atoms with E-state index in [-0.39, 0.29) is 6.10 Å². The Balaban J connectivity index is 2.21. The van der Waals surface area contributed by atoms with Crippen LogP contribution in [0.15, 0.2) is 30.3 Å². The summed E-state index contributed by atoms with van der Waals surface area (Å²) < 4.78 is 0. The van der Waals surface area contributed by atoms with E-state index in [0.717, 1.165) is 32.2 Å². The molecule has 0 spiro atoms. The lowest BCUT2D eigenvalue weighted by Gasteiger charge is -2.43.